The van der Waals surface area contributed by atoms with Crippen LogP contribution in [0.25, 0.3) is 0 Å². The molecule has 146 valence electrons. The lowest BCUT2D eigenvalue weighted by Crippen LogP contribution is -2.20. The molecule has 0 aliphatic rings. The van der Waals surface area contributed by atoms with Crippen LogP contribution in [0.3, 0.4) is 0 Å². The van der Waals surface area contributed by atoms with Crippen molar-refractivity contribution >= 4 is 50.1 Å². The molecule has 10 heteroatoms. The van der Waals surface area contributed by atoms with Crippen LogP contribution in [0.5, 0.6) is 0 Å². The molecule has 0 spiro atoms. The Morgan fingerprint density at radius 2 is 2.00 bits per heavy atom. The molecule has 0 aromatic carbocycles. The zero-order valence-corrected chi connectivity index (χ0v) is 17.8. The van der Waals surface area contributed by atoms with E-state index in [0.29, 0.717) is 12.0 Å². The summed E-state index contributed by atoms with van der Waals surface area (Å²) in [7, 11) is 1.26. The molecule has 2 aromatic rings. The molecular formula is C17H20BrN3O5S. The zero-order valence-electron chi connectivity index (χ0n) is 15.4. The number of aryl methyl sites for hydroxylation is 1. The number of ether oxygens (including phenoxy) is 2. The highest BCUT2D eigenvalue weighted by Gasteiger charge is 2.27. The minimum Gasteiger partial charge on any atom is -0.465 e. The molecule has 1 N–H and O–H groups in total. The molecule has 0 atom stereocenters. The van der Waals surface area contributed by atoms with Crippen LogP contribution in [0.4, 0.5) is 5.00 Å². The van der Waals surface area contributed by atoms with Gasteiger partial charge < -0.3 is 14.8 Å². The highest BCUT2D eigenvalue weighted by atomic mass is 79.9. The van der Waals surface area contributed by atoms with Crippen molar-refractivity contribution in [3.63, 3.8) is 0 Å². The highest BCUT2D eigenvalue weighted by molar-refractivity contribution is 9.10. The van der Waals surface area contributed by atoms with Crippen molar-refractivity contribution in [3.05, 3.63) is 32.4 Å². The van der Waals surface area contributed by atoms with E-state index in [9.17, 15) is 14.4 Å². The number of nitrogens with zero attached hydrogens (tertiary/aromatic N) is 2. The maximum absolute atomic E-state index is 12.4. The predicted octanol–water partition coefficient (Wildman–Crippen LogP) is 3.32. The number of carbonyl (C=O) groups is 3. The van der Waals surface area contributed by atoms with Gasteiger partial charge in [-0.15, -0.1) is 11.3 Å². The lowest BCUT2D eigenvalue weighted by molar-refractivity contribution is -0.116. The lowest BCUT2D eigenvalue weighted by atomic mass is 10.1. The molecule has 1 amide bonds. The summed E-state index contributed by atoms with van der Waals surface area (Å²) in [5.41, 5.74) is 1.34. The fourth-order valence-corrected chi connectivity index (χ4v) is 3.73. The minimum absolute atomic E-state index is 0.0413. The van der Waals surface area contributed by atoms with Gasteiger partial charge in [0.1, 0.15) is 16.4 Å². The van der Waals surface area contributed by atoms with Crippen molar-refractivity contribution in [2.45, 2.75) is 33.7 Å². The van der Waals surface area contributed by atoms with Gasteiger partial charge in [0.25, 0.3) is 0 Å². The Kier molecular flexibility index (Phi) is 7.14. The van der Waals surface area contributed by atoms with E-state index in [2.05, 4.69) is 26.3 Å². The number of amides is 1. The number of carbonyl (C=O) groups excluding carboxylic acids is 3. The highest BCUT2D eigenvalue weighted by Crippen LogP contribution is 2.34. The molecule has 0 unspecified atom stereocenters. The van der Waals surface area contributed by atoms with Crippen molar-refractivity contribution in [3.8, 4) is 0 Å². The van der Waals surface area contributed by atoms with Crippen LogP contribution in [0, 0.1) is 13.8 Å². The van der Waals surface area contributed by atoms with E-state index in [4.69, 9.17) is 9.47 Å². The number of aromatic nitrogens is 2. The molecular weight excluding hydrogens is 438 g/mol. The molecule has 0 bridgehead atoms. The fraction of sp³-hybridized carbons (Fsp3) is 0.412. The quantitative estimate of drug-likeness (QED) is 0.640. The van der Waals surface area contributed by atoms with E-state index in [1.165, 1.54) is 11.8 Å². The molecule has 2 heterocycles. The van der Waals surface area contributed by atoms with Crippen LogP contribution in [-0.2, 0) is 20.8 Å². The topological polar surface area (TPSA) is 99.5 Å². The Morgan fingerprint density at radius 3 is 2.56 bits per heavy atom. The molecule has 8 nitrogen and oxygen atoms in total. The average Bonchev–Trinajstić information content (AvgIpc) is 3.10. The van der Waals surface area contributed by atoms with Crippen LogP contribution < -0.4 is 5.32 Å². The number of thiophene rings is 1. The number of anilines is 1. The summed E-state index contributed by atoms with van der Waals surface area (Å²) in [4.78, 5) is 37.0. The standard InChI is InChI=1S/C17H20BrN3O5S/c1-5-6-26-16(23)13-9(2)14(17(24)25-4)27-15(13)19-12(22)8-21-7-11(18)10(3)20-21/h7H,5-6,8H2,1-4H3,(H,19,22). The van der Waals surface area contributed by atoms with E-state index in [0.717, 1.165) is 21.5 Å². The van der Waals surface area contributed by atoms with Gasteiger partial charge in [0.2, 0.25) is 5.91 Å². The molecule has 0 saturated carbocycles. The first kappa shape index (κ1) is 21.1. The number of esters is 2. The van der Waals surface area contributed by atoms with Crippen molar-refractivity contribution in [2.75, 3.05) is 19.0 Å². The molecule has 2 aromatic heterocycles. The van der Waals surface area contributed by atoms with Gasteiger partial charge in [-0.25, -0.2) is 9.59 Å². The maximum Gasteiger partial charge on any atom is 0.348 e. The van der Waals surface area contributed by atoms with Crippen LogP contribution in [0.2, 0.25) is 0 Å². The van der Waals surface area contributed by atoms with E-state index in [-0.39, 0.29) is 34.5 Å². The smallest absolute Gasteiger partial charge is 0.348 e. The number of nitrogens with one attached hydrogen (secondary N) is 1. The van der Waals surface area contributed by atoms with Gasteiger partial charge in [0.05, 0.1) is 29.4 Å². The summed E-state index contributed by atoms with van der Waals surface area (Å²) in [5, 5.41) is 7.13. The van der Waals surface area contributed by atoms with Crippen LogP contribution in [0.15, 0.2) is 10.7 Å². The van der Waals surface area contributed by atoms with E-state index in [1.807, 2.05) is 13.8 Å². The third kappa shape index (κ3) is 4.95. The Labute approximate surface area is 169 Å². The number of hydrogen-bond donors (Lipinski definition) is 1. The van der Waals surface area contributed by atoms with Crippen LogP contribution in [-0.4, -0.2) is 41.3 Å². The first-order valence-electron chi connectivity index (χ1n) is 8.16. The Bertz CT molecular complexity index is 855. The van der Waals surface area contributed by atoms with Gasteiger partial charge in [0, 0.05) is 6.20 Å². The van der Waals surface area contributed by atoms with Gasteiger partial charge in [-0.3, -0.25) is 9.48 Å². The van der Waals surface area contributed by atoms with Crippen LogP contribution in [0.1, 0.15) is 44.6 Å². The summed E-state index contributed by atoms with van der Waals surface area (Å²) >= 11 is 4.32. The van der Waals surface area contributed by atoms with E-state index < -0.39 is 11.9 Å². The summed E-state index contributed by atoms with van der Waals surface area (Å²) in [6.45, 7) is 5.51. The van der Waals surface area contributed by atoms with Crippen molar-refractivity contribution in [1.29, 1.82) is 0 Å². The van der Waals surface area contributed by atoms with Gasteiger partial charge in [-0.2, -0.15) is 5.10 Å². The first-order valence-corrected chi connectivity index (χ1v) is 9.77. The third-order valence-corrected chi connectivity index (χ3v) is 5.57. The average molecular weight is 458 g/mol. The van der Waals surface area contributed by atoms with Crippen LogP contribution >= 0.6 is 27.3 Å². The Hall–Kier alpha value is -2.20. The first-order chi connectivity index (χ1) is 12.8. The SMILES string of the molecule is CCCOC(=O)c1c(NC(=O)Cn2cc(Br)c(C)n2)sc(C(=O)OC)c1C. The summed E-state index contributed by atoms with van der Waals surface area (Å²) < 4.78 is 12.2. The second kappa shape index (κ2) is 9.14. The van der Waals surface area contributed by atoms with Gasteiger partial charge >= 0.3 is 11.9 Å². The summed E-state index contributed by atoms with van der Waals surface area (Å²) in [6.07, 6.45) is 2.35. The number of hydrogen-bond acceptors (Lipinski definition) is 7. The number of halogens is 1. The van der Waals surface area contributed by atoms with E-state index in [1.54, 1.807) is 13.1 Å². The zero-order chi connectivity index (χ0) is 20.1. The van der Waals surface area contributed by atoms with Crippen molar-refractivity contribution in [2.24, 2.45) is 0 Å². The Balaban J connectivity index is 2.28. The fourth-order valence-electron chi connectivity index (χ4n) is 2.29. The third-order valence-electron chi connectivity index (χ3n) is 3.60. The molecule has 0 radical (unpaired) electrons. The molecule has 2 rings (SSSR count). The van der Waals surface area contributed by atoms with Gasteiger partial charge in [0.15, 0.2) is 0 Å². The monoisotopic (exact) mass is 457 g/mol. The normalized spacial score (nSPS) is 10.6. The minimum atomic E-state index is -0.589. The molecule has 0 aliphatic heterocycles. The largest absolute Gasteiger partial charge is 0.465 e. The summed E-state index contributed by atoms with van der Waals surface area (Å²) in [6, 6.07) is 0. The number of rotatable bonds is 7. The number of methoxy groups -OCH3 is 1. The Morgan fingerprint density at radius 1 is 1.30 bits per heavy atom. The summed E-state index contributed by atoms with van der Waals surface area (Å²) in [5.74, 6) is -1.55. The van der Waals surface area contributed by atoms with Crippen molar-refractivity contribution < 1.29 is 23.9 Å². The lowest BCUT2D eigenvalue weighted by Gasteiger charge is -2.08. The molecule has 27 heavy (non-hydrogen) atoms. The molecule has 0 saturated heterocycles. The van der Waals surface area contributed by atoms with Gasteiger partial charge in [-0.1, -0.05) is 6.92 Å². The second-order valence-corrected chi connectivity index (χ2v) is 7.57. The second-order valence-electron chi connectivity index (χ2n) is 5.70. The van der Waals surface area contributed by atoms with Crippen molar-refractivity contribution in [1.82, 2.24) is 9.78 Å². The maximum atomic E-state index is 12.4. The van der Waals surface area contributed by atoms with E-state index >= 15 is 0 Å². The molecule has 0 aliphatic carbocycles. The predicted molar refractivity (Wildman–Crippen MR) is 104 cm³/mol. The molecule has 0 fully saturated rings. The van der Waals surface area contributed by atoms with Gasteiger partial charge in [-0.05, 0) is 41.8 Å².